The molecule has 1 aromatic carbocycles. The Morgan fingerprint density at radius 1 is 1.29 bits per heavy atom. The van der Waals surface area contributed by atoms with Crippen LogP contribution in [0.4, 0.5) is 0 Å². The fourth-order valence-corrected chi connectivity index (χ4v) is 2.07. The molecular weight excluding hydrogens is 216 g/mol. The number of hydrogen-bond donors (Lipinski definition) is 1. The molecule has 0 saturated carbocycles. The Labute approximate surface area is 101 Å². The minimum atomic E-state index is 0.677. The minimum absolute atomic E-state index is 0.677. The number of hydrogen-bond acceptors (Lipinski definition) is 4. The molecule has 1 saturated heterocycles. The van der Waals surface area contributed by atoms with Crippen molar-refractivity contribution in [3.63, 3.8) is 0 Å². The molecule has 1 aromatic rings. The van der Waals surface area contributed by atoms with E-state index in [0.29, 0.717) is 6.61 Å². The van der Waals surface area contributed by atoms with E-state index in [4.69, 9.17) is 9.94 Å². The van der Waals surface area contributed by atoms with E-state index >= 15 is 0 Å². The maximum atomic E-state index is 8.55. The molecule has 0 amide bonds. The highest BCUT2D eigenvalue weighted by Gasteiger charge is 2.11. The van der Waals surface area contributed by atoms with Gasteiger partial charge in [0.15, 0.2) is 0 Å². The molecule has 17 heavy (non-hydrogen) atoms. The number of ether oxygens (including phenoxy) is 1. The zero-order chi connectivity index (χ0) is 11.9. The highest BCUT2D eigenvalue weighted by atomic mass is 16.5. The van der Waals surface area contributed by atoms with Crippen LogP contribution in [0.1, 0.15) is 18.4 Å². The van der Waals surface area contributed by atoms with Gasteiger partial charge in [0.2, 0.25) is 0 Å². The van der Waals surface area contributed by atoms with Gasteiger partial charge in [-0.05, 0) is 38.1 Å². The van der Waals surface area contributed by atoms with Crippen LogP contribution in [0, 0.1) is 0 Å². The first-order valence-electron chi connectivity index (χ1n) is 6.02. The van der Waals surface area contributed by atoms with Crippen molar-refractivity contribution in [2.75, 3.05) is 26.2 Å². The van der Waals surface area contributed by atoms with Gasteiger partial charge in [0.05, 0.1) is 6.21 Å². The number of para-hydroxylation sites is 1. The molecule has 4 nitrogen and oxygen atoms in total. The SMILES string of the molecule is ON=Cc1ccccc1OCCN1CCCC1. The summed E-state index contributed by atoms with van der Waals surface area (Å²) >= 11 is 0. The van der Waals surface area contributed by atoms with E-state index in [0.717, 1.165) is 17.9 Å². The second-order valence-corrected chi connectivity index (χ2v) is 4.18. The molecule has 0 aliphatic carbocycles. The molecule has 1 heterocycles. The molecule has 0 radical (unpaired) electrons. The Bertz CT molecular complexity index is 373. The second kappa shape index (κ2) is 6.25. The molecule has 1 aliphatic heterocycles. The van der Waals surface area contributed by atoms with Crippen molar-refractivity contribution in [3.8, 4) is 5.75 Å². The van der Waals surface area contributed by atoms with Crippen LogP contribution in [-0.2, 0) is 0 Å². The van der Waals surface area contributed by atoms with Gasteiger partial charge in [-0.2, -0.15) is 0 Å². The Morgan fingerprint density at radius 2 is 2.06 bits per heavy atom. The van der Waals surface area contributed by atoms with Crippen LogP contribution < -0.4 is 4.74 Å². The fourth-order valence-electron chi connectivity index (χ4n) is 2.07. The quantitative estimate of drug-likeness (QED) is 0.481. The Balaban J connectivity index is 1.85. The number of oxime groups is 1. The number of likely N-dealkylation sites (tertiary alicyclic amines) is 1. The number of rotatable bonds is 5. The third-order valence-electron chi connectivity index (χ3n) is 2.98. The van der Waals surface area contributed by atoms with Crippen LogP contribution in [0.5, 0.6) is 5.75 Å². The van der Waals surface area contributed by atoms with E-state index in [1.165, 1.54) is 32.1 Å². The smallest absolute Gasteiger partial charge is 0.128 e. The third kappa shape index (κ3) is 3.46. The van der Waals surface area contributed by atoms with Gasteiger partial charge in [-0.1, -0.05) is 17.3 Å². The summed E-state index contributed by atoms with van der Waals surface area (Å²) in [4.78, 5) is 2.41. The van der Waals surface area contributed by atoms with Crippen molar-refractivity contribution < 1.29 is 9.94 Å². The highest BCUT2D eigenvalue weighted by molar-refractivity contribution is 5.82. The predicted octanol–water partition coefficient (Wildman–Crippen LogP) is 1.97. The lowest BCUT2D eigenvalue weighted by molar-refractivity contribution is 0.237. The number of benzene rings is 1. The summed E-state index contributed by atoms with van der Waals surface area (Å²) in [6.07, 6.45) is 3.99. The molecular formula is C13H18N2O2. The average molecular weight is 234 g/mol. The molecule has 92 valence electrons. The summed E-state index contributed by atoms with van der Waals surface area (Å²) in [5, 5.41) is 11.6. The summed E-state index contributed by atoms with van der Waals surface area (Å²) in [6.45, 7) is 4.01. The lowest BCUT2D eigenvalue weighted by Gasteiger charge is -2.15. The average Bonchev–Trinajstić information content (AvgIpc) is 2.85. The normalized spacial score (nSPS) is 16.7. The summed E-state index contributed by atoms with van der Waals surface area (Å²) in [5.74, 6) is 0.768. The topological polar surface area (TPSA) is 45.1 Å². The van der Waals surface area contributed by atoms with Crippen molar-refractivity contribution in [1.29, 1.82) is 0 Å². The van der Waals surface area contributed by atoms with Gasteiger partial charge in [-0.15, -0.1) is 0 Å². The molecule has 0 atom stereocenters. The van der Waals surface area contributed by atoms with Gasteiger partial charge in [0.1, 0.15) is 12.4 Å². The molecule has 0 spiro atoms. The lowest BCUT2D eigenvalue weighted by atomic mass is 10.2. The second-order valence-electron chi connectivity index (χ2n) is 4.18. The first kappa shape index (κ1) is 11.9. The fraction of sp³-hybridized carbons (Fsp3) is 0.462. The molecule has 1 N–H and O–H groups in total. The molecule has 1 aliphatic rings. The van der Waals surface area contributed by atoms with Crippen LogP contribution in [0.25, 0.3) is 0 Å². The summed E-state index contributed by atoms with van der Waals surface area (Å²) in [7, 11) is 0. The van der Waals surface area contributed by atoms with Gasteiger partial charge in [0, 0.05) is 12.1 Å². The molecule has 4 heteroatoms. The van der Waals surface area contributed by atoms with Crippen molar-refractivity contribution in [1.82, 2.24) is 4.90 Å². The molecule has 0 bridgehead atoms. The summed E-state index contributed by atoms with van der Waals surface area (Å²) < 4.78 is 5.71. The first-order valence-corrected chi connectivity index (χ1v) is 6.02. The summed E-state index contributed by atoms with van der Waals surface area (Å²) in [5.41, 5.74) is 0.802. The third-order valence-corrected chi connectivity index (χ3v) is 2.98. The monoisotopic (exact) mass is 234 g/mol. The zero-order valence-electron chi connectivity index (χ0n) is 9.88. The molecule has 0 aromatic heterocycles. The van der Waals surface area contributed by atoms with Crippen LogP contribution in [0.3, 0.4) is 0 Å². The van der Waals surface area contributed by atoms with E-state index in [1.54, 1.807) is 0 Å². The maximum Gasteiger partial charge on any atom is 0.128 e. The number of nitrogens with zero attached hydrogens (tertiary/aromatic N) is 2. The zero-order valence-corrected chi connectivity index (χ0v) is 9.88. The van der Waals surface area contributed by atoms with Gasteiger partial charge in [0.25, 0.3) is 0 Å². The van der Waals surface area contributed by atoms with Crippen LogP contribution in [0.15, 0.2) is 29.4 Å². The van der Waals surface area contributed by atoms with E-state index in [1.807, 2.05) is 24.3 Å². The summed E-state index contributed by atoms with van der Waals surface area (Å²) in [6, 6.07) is 7.57. The predicted molar refractivity (Wildman–Crippen MR) is 67.0 cm³/mol. The highest BCUT2D eigenvalue weighted by Crippen LogP contribution is 2.16. The first-order chi connectivity index (χ1) is 8.40. The van der Waals surface area contributed by atoms with Gasteiger partial charge < -0.3 is 9.94 Å². The van der Waals surface area contributed by atoms with E-state index in [9.17, 15) is 0 Å². The van der Waals surface area contributed by atoms with E-state index < -0.39 is 0 Å². The van der Waals surface area contributed by atoms with Gasteiger partial charge >= 0.3 is 0 Å². The van der Waals surface area contributed by atoms with Crippen LogP contribution in [-0.4, -0.2) is 42.6 Å². The van der Waals surface area contributed by atoms with Crippen molar-refractivity contribution >= 4 is 6.21 Å². The van der Waals surface area contributed by atoms with Gasteiger partial charge in [-0.25, -0.2) is 0 Å². The van der Waals surface area contributed by atoms with Crippen LogP contribution >= 0.6 is 0 Å². The van der Waals surface area contributed by atoms with Gasteiger partial charge in [-0.3, -0.25) is 4.90 Å². The van der Waals surface area contributed by atoms with E-state index in [2.05, 4.69) is 10.1 Å². The molecule has 2 rings (SSSR count). The van der Waals surface area contributed by atoms with Crippen molar-refractivity contribution in [3.05, 3.63) is 29.8 Å². The van der Waals surface area contributed by atoms with Crippen molar-refractivity contribution in [2.45, 2.75) is 12.8 Å². The molecule has 0 unspecified atom stereocenters. The lowest BCUT2D eigenvalue weighted by Crippen LogP contribution is -2.25. The van der Waals surface area contributed by atoms with E-state index in [-0.39, 0.29) is 0 Å². The maximum absolute atomic E-state index is 8.55. The van der Waals surface area contributed by atoms with Crippen molar-refractivity contribution in [2.24, 2.45) is 5.16 Å². The Morgan fingerprint density at radius 3 is 2.82 bits per heavy atom. The Hall–Kier alpha value is -1.55. The Kier molecular flexibility index (Phi) is 4.38. The minimum Gasteiger partial charge on any atom is -0.492 e. The van der Waals surface area contributed by atoms with Crippen LogP contribution in [0.2, 0.25) is 0 Å². The standard InChI is InChI=1S/C13H18N2O2/c16-14-11-12-5-1-2-6-13(12)17-10-9-15-7-3-4-8-15/h1-2,5-6,11,16H,3-4,7-10H2. The molecule has 1 fully saturated rings. The largest absolute Gasteiger partial charge is 0.492 e.